The third-order valence-electron chi connectivity index (χ3n) is 3.64. The molecule has 2 atom stereocenters. The molecule has 6 nitrogen and oxygen atoms in total. The Hall–Kier alpha value is -0.810. The number of likely N-dealkylation sites (N-methyl/N-ethyl adjacent to an activating group) is 1. The van der Waals surface area contributed by atoms with Crippen LogP contribution >= 0.6 is 11.3 Å². The molecule has 0 spiro atoms. The van der Waals surface area contributed by atoms with E-state index in [4.69, 9.17) is 0 Å². The molecule has 0 aliphatic carbocycles. The van der Waals surface area contributed by atoms with E-state index in [1.54, 1.807) is 0 Å². The Morgan fingerprint density at radius 3 is 2.60 bits per heavy atom. The fraction of sp³-hybridized carbons (Fsp3) is 0.800. The highest BCUT2D eigenvalue weighted by Gasteiger charge is 2.50. The van der Waals surface area contributed by atoms with Crippen LogP contribution in [0.2, 0.25) is 0 Å². The van der Waals surface area contributed by atoms with E-state index >= 15 is 0 Å². The predicted octanol–water partition coefficient (Wildman–Crippen LogP) is 1.30. The molecule has 2 aliphatic heterocycles. The molecule has 1 aromatic rings. The first-order chi connectivity index (χ1) is 9.34. The van der Waals surface area contributed by atoms with E-state index in [0.717, 1.165) is 13.1 Å². The quantitative estimate of drug-likeness (QED) is 0.478. The number of hydrogen-bond donors (Lipinski definition) is 0. The molecule has 0 amide bonds. The van der Waals surface area contributed by atoms with Crippen LogP contribution in [-0.4, -0.2) is 59.0 Å². The van der Waals surface area contributed by atoms with Crippen molar-refractivity contribution in [1.29, 1.82) is 0 Å². The average molecular weight is 309 g/mol. The van der Waals surface area contributed by atoms with Crippen molar-refractivity contribution < 1.29 is 13.2 Å². The third kappa shape index (κ3) is 2.31. The molecular formula is C10H14F3N5OS. The fourth-order valence-electron chi connectivity index (χ4n) is 2.45. The van der Waals surface area contributed by atoms with Crippen LogP contribution in [0.5, 0.6) is 0 Å². The van der Waals surface area contributed by atoms with Gasteiger partial charge in [0.1, 0.15) is 6.67 Å². The lowest BCUT2D eigenvalue weighted by Gasteiger charge is -2.39. The van der Waals surface area contributed by atoms with Gasteiger partial charge in [0.05, 0.1) is 6.54 Å². The first-order valence-corrected chi connectivity index (χ1v) is 7.12. The molecule has 112 valence electrons. The highest BCUT2D eigenvalue weighted by molar-refractivity contribution is 7.15. The van der Waals surface area contributed by atoms with Gasteiger partial charge in [-0.2, -0.15) is 13.2 Å². The second-order valence-corrected chi connectivity index (χ2v) is 5.97. The zero-order chi connectivity index (χ0) is 14.5. The van der Waals surface area contributed by atoms with Gasteiger partial charge in [-0.3, -0.25) is 4.65 Å². The maximum absolute atomic E-state index is 13.0. The van der Waals surface area contributed by atoms with Crippen molar-refractivity contribution in [3.63, 3.8) is 0 Å². The van der Waals surface area contributed by atoms with Gasteiger partial charge >= 0.3 is 11.3 Å². The number of hydrogen-bond acceptors (Lipinski definition) is 6. The number of alkyl halides is 3. The summed E-state index contributed by atoms with van der Waals surface area (Å²) in [5, 5.41) is 18.5. The van der Waals surface area contributed by atoms with Crippen LogP contribution in [0.1, 0.15) is 11.9 Å². The molecule has 1 aromatic heterocycles. The molecule has 0 aromatic carbocycles. The molecule has 0 bridgehead atoms. The van der Waals surface area contributed by atoms with Crippen LogP contribution in [0.25, 0.3) is 0 Å². The third-order valence-corrected chi connectivity index (χ3v) is 4.72. The van der Waals surface area contributed by atoms with Gasteiger partial charge in [-0.15, -0.1) is 5.10 Å². The van der Waals surface area contributed by atoms with Crippen LogP contribution < -0.4 is 4.65 Å². The summed E-state index contributed by atoms with van der Waals surface area (Å²) < 4.78 is 37.0. The number of hydroxylamine groups is 2. The van der Waals surface area contributed by atoms with Gasteiger partial charge in [-0.05, 0) is 11.3 Å². The molecule has 20 heavy (non-hydrogen) atoms. The minimum absolute atomic E-state index is 0.106. The Bertz CT molecular complexity index is 505. The Morgan fingerprint density at radius 2 is 2.10 bits per heavy atom. The van der Waals surface area contributed by atoms with Gasteiger partial charge in [-0.1, -0.05) is 12.0 Å². The zero-order valence-electron chi connectivity index (χ0n) is 10.8. The summed E-state index contributed by atoms with van der Waals surface area (Å²) >= 11 is 0.357. The van der Waals surface area contributed by atoms with E-state index < -0.39 is 15.8 Å². The lowest BCUT2D eigenvalue weighted by molar-refractivity contribution is -0.138. The minimum Gasteiger partial charge on any atom is -0.623 e. The van der Waals surface area contributed by atoms with Gasteiger partial charge < -0.3 is 5.21 Å². The molecule has 10 heteroatoms. The SMILES string of the molecule is CCN1CC(N2CC2)[N+]([O-])(c2nnc(C(F)(F)F)s2)C1. The number of quaternary nitrogens is 1. The Kier molecular flexibility index (Phi) is 3.25. The van der Waals surface area contributed by atoms with Crippen LogP contribution in [-0.2, 0) is 6.18 Å². The Balaban J connectivity index is 1.91. The van der Waals surface area contributed by atoms with E-state index in [-0.39, 0.29) is 18.0 Å². The molecular weight excluding hydrogens is 295 g/mol. The standard InChI is InChI=1S/C10H14F3N5OS/c1-2-16-5-7(17-3-4-17)18(19,6-16)9-15-14-8(20-9)10(11,12)13/h7H,2-6H2,1H3. The van der Waals surface area contributed by atoms with Crippen molar-refractivity contribution in [2.75, 3.05) is 32.8 Å². The Morgan fingerprint density at radius 1 is 1.40 bits per heavy atom. The normalized spacial score (nSPS) is 31.9. The first-order valence-electron chi connectivity index (χ1n) is 6.31. The molecule has 2 aliphatic rings. The van der Waals surface area contributed by atoms with Crippen molar-refractivity contribution >= 4 is 16.5 Å². The summed E-state index contributed by atoms with van der Waals surface area (Å²) in [6, 6.07) is 0. The van der Waals surface area contributed by atoms with Crippen LogP contribution in [0, 0.1) is 5.21 Å². The van der Waals surface area contributed by atoms with E-state index in [0.29, 0.717) is 24.4 Å². The maximum Gasteiger partial charge on any atom is 0.445 e. The molecule has 2 unspecified atom stereocenters. The van der Waals surface area contributed by atoms with E-state index in [1.165, 1.54) is 0 Å². The van der Waals surface area contributed by atoms with Gasteiger partial charge in [-0.25, -0.2) is 9.80 Å². The first kappa shape index (κ1) is 14.1. The van der Waals surface area contributed by atoms with Gasteiger partial charge in [0.25, 0.3) is 0 Å². The van der Waals surface area contributed by atoms with Crippen LogP contribution in [0.4, 0.5) is 18.3 Å². The van der Waals surface area contributed by atoms with Gasteiger partial charge in [0.15, 0.2) is 6.17 Å². The second kappa shape index (κ2) is 4.60. The molecule has 0 radical (unpaired) electrons. The lowest BCUT2D eigenvalue weighted by atomic mass is 10.4. The average Bonchev–Trinajstić information content (AvgIpc) is 2.95. The van der Waals surface area contributed by atoms with E-state index in [9.17, 15) is 18.4 Å². The monoisotopic (exact) mass is 309 g/mol. The zero-order valence-corrected chi connectivity index (χ0v) is 11.6. The van der Waals surface area contributed by atoms with E-state index in [2.05, 4.69) is 10.2 Å². The van der Waals surface area contributed by atoms with E-state index in [1.807, 2.05) is 16.7 Å². The summed E-state index contributed by atoms with van der Waals surface area (Å²) in [6.07, 6.45) is -4.92. The number of aromatic nitrogens is 2. The highest BCUT2D eigenvalue weighted by Crippen LogP contribution is 2.40. The van der Waals surface area contributed by atoms with Crippen molar-refractivity contribution in [2.45, 2.75) is 19.3 Å². The van der Waals surface area contributed by atoms with Crippen LogP contribution in [0.3, 0.4) is 0 Å². The highest BCUT2D eigenvalue weighted by atomic mass is 32.1. The van der Waals surface area contributed by atoms with Crippen molar-refractivity contribution in [3.05, 3.63) is 10.2 Å². The smallest absolute Gasteiger partial charge is 0.445 e. The summed E-state index contributed by atoms with van der Waals surface area (Å²) in [6.45, 7) is 4.93. The largest absolute Gasteiger partial charge is 0.623 e. The molecule has 3 rings (SSSR count). The van der Waals surface area contributed by atoms with Gasteiger partial charge in [0, 0.05) is 19.6 Å². The molecule has 0 saturated carbocycles. The summed E-state index contributed by atoms with van der Waals surface area (Å²) in [4.78, 5) is 3.90. The van der Waals surface area contributed by atoms with Crippen molar-refractivity contribution in [1.82, 2.24) is 24.6 Å². The minimum atomic E-state index is -4.55. The topological polar surface area (TPSA) is 55.1 Å². The summed E-state index contributed by atoms with van der Waals surface area (Å²) in [5.41, 5.74) is 0. The Labute approximate surface area is 117 Å². The maximum atomic E-state index is 13.0. The number of nitrogens with zero attached hydrogens (tertiary/aromatic N) is 5. The molecule has 2 fully saturated rings. The van der Waals surface area contributed by atoms with Crippen molar-refractivity contribution in [2.24, 2.45) is 0 Å². The van der Waals surface area contributed by atoms with Gasteiger partial charge in [0.2, 0.25) is 5.01 Å². The molecule has 3 heterocycles. The summed E-state index contributed by atoms with van der Waals surface area (Å²) in [7, 11) is 0. The fourth-order valence-corrected chi connectivity index (χ4v) is 3.23. The predicted molar refractivity (Wildman–Crippen MR) is 67.5 cm³/mol. The molecule has 2 saturated heterocycles. The van der Waals surface area contributed by atoms with Crippen LogP contribution in [0.15, 0.2) is 0 Å². The number of halogens is 3. The van der Waals surface area contributed by atoms with Crippen molar-refractivity contribution in [3.8, 4) is 0 Å². The number of rotatable bonds is 3. The lowest BCUT2D eigenvalue weighted by Crippen LogP contribution is -2.52. The second-order valence-electron chi connectivity index (χ2n) is 5.01. The summed E-state index contributed by atoms with van der Waals surface area (Å²) in [5.74, 6) is 0. The molecule has 0 N–H and O–H groups in total.